The zero-order valence-electron chi connectivity index (χ0n) is 15.6. The maximum absolute atomic E-state index is 14.5. The van der Waals surface area contributed by atoms with Crippen LogP contribution in [-0.2, 0) is 25.1 Å². The van der Waals surface area contributed by atoms with Gasteiger partial charge in [-0.25, -0.2) is 12.8 Å². The van der Waals surface area contributed by atoms with E-state index < -0.39 is 21.4 Å². The largest absolute Gasteiger partial charge is 0.379 e. The van der Waals surface area contributed by atoms with Gasteiger partial charge < -0.3 is 14.4 Å². The van der Waals surface area contributed by atoms with Gasteiger partial charge in [0.25, 0.3) is 5.91 Å². The van der Waals surface area contributed by atoms with E-state index in [-0.39, 0.29) is 28.1 Å². The predicted octanol–water partition coefficient (Wildman–Crippen LogP) is 1.41. The van der Waals surface area contributed by atoms with Crippen molar-refractivity contribution in [1.82, 2.24) is 14.7 Å². The Morgan fingerprint density at radius 2 is 1.97 bits per heavy atom. The number of aromatic nitrogens is 2. The molecular formula is C19H20FN3O5S. The van der Waals surface area contributed by atoms with Gasteiger partial charge in [-0.2, -0.15) is 5.10 Å². The number of rotatable bonds is 2. The summed E-state index contributed by atoms with van der Waals surface area (Å²) in [5, 5.41) is 4.56. The van der Waals surface area contributed by atoms with Gasteiger partial charge in [-0.1, -0.05) is 12.1 Å². The monoisotopic (exact) mass is 421 g/mol. The number of fused-ring (bicyclic) bond motifs is 3. The van der Waals surface area contributed by atoms with E-state index in [9.17, 15) is 17.6 Å². The van der Waals surface area contributed by atoms with Gasteiger partial charge in [-0.15, -0.1) is 0 Å². The maximum Gasteiger partial charge on any atom is 0.274 e. The first-order chi connectivity index (χ1) is 14.0. The molecule has 1 amide bonds. The molecule has 2 fully saturated rings. The number of amides is 1. The summed E-state index contributed by atoms with van der Waals surface area (Å²) in [6.45, 7) is 2.67. The number of morpholine rings is 1. The summed E-state index contributed by atoms with van der Waals surface area (Å²) in [6.07, 6.45) is 0.691. The van der Waals surface area contributed by atoms with Crippen LogP contribution in [0.4, 0.5) is 4.39 Å². The highest BCUT2D eigenvalue weighted by Gasteiger charge is 2.40. The van der Waals surface area contributed by atoms with Gasteiger partial charge in [0.05, 0.1) is 37.3 Å². The van der Waals surface area contributed by atoms with Crippen LogP contribution in [0.1, 0.15) is 28.5 Å². The topological polar surface area (TPSA) is 90.7 Å². The number of nitrogens with zero attached hydrogens (tertiary/aromatic N) is 3. The van der Waals surface area contributed by atoms with Crippen molar-refractivity contribution in [2.24, 2.45) is 0 Å². The molecule has 29 heavy (non-hydrogen) atoms. The third-order valence-electron chi connectivity index (χ3n) is 5.63. The first-order valence-electron chi connectivity index (χ1n) is 9.55. The molecule has 1 unspecified atom stereocenters. The number of benzene rings is 1. The van der Waals surface area contributed by atoms with E-state index in [0.29, 0.717) is 57.2 Å². The molecule has 0 saturated carbocycles. The Bertz CT molecular complexity index is 1090. The second-order valence-corrected chi connectivity index (χ2v) is 9.34. The summed E-state index contributed by atoms with van der Waals surface area (Å²) in [5.41, 5.74) is 1.21. The fourth-order valence-corrected chi connectivity index (χ4v) is 5.89. The van der Waals surface area contributed by atoms with Gasteiger partial charge in [0.2, 0.25) is 0 Å². The number of carbonyl (C=O) groups is 1. The first kappa shape index (κ1) is 18.7. The minimum atomic E-state index is -3.94. The number of hydrogen-bond donors (Lipinski definition) is 0. The van der Waals surface area contributed by atoms with Crippen molar-refractivity contribution in [3.05, 3.63) is 35.3 Å². The van der Waals surface area contributed by atoms with Gasteiger partial charge in [-0.3, -0.25) is 9.48 Å². The van der Waals surface area contributed by atoms with Crippen LogP contribution in [-0.4, -0.2) is 68.5 Å². The summed E-state index contributed by atoms with van der Waals surface area (Å²) in [4.78, 5) is 14.5. The van der Waals surface area contributed by atoms with Crippen LogP contribution in [0.25, 0.3) is 11.3 Å². The number of hydrogen-bond acceptors (Lipinski definition) is 6. The lowest BCUT2D eigenvalue weighted by molar-refractivity contribution is 0.0297. The molecule has 4 heterocycles. The quantitative estimate of drug-likeness (QED) is 0.728. The van der Waals surface area contributed by atoms with Gasteiger partial charge in [0.15, 0.2) is 15.5 Å². The van der Waals surface area contributed by atoms with E-state index in [4.69, 9.17) is 9.47 Å². The van der Waals surface area contributed by atoms with Crippen molar-refractivity contribution in [2.45, 2.75) is 23.1 Å². The molecule has 8 nitrogen and oxygen atoms in total. The number of sulfone groups is 1. The Morgan fingerprint density at radius 1 is 1.17 bits per heavy atom. The van der Waals surface area contributed by atoms with Crippen LogP contribution in [0.15, 0.2) is 23.1 Å². The minimum absolute atomic E-state index is 0.118. The summed E-state index contributed by atoms with van der Waals surface area (Å²) in [5.74, 6) is -1.56. The molecule has 3 aliphatic heterocycles. The summed E-state index contributed by atoms with van der Waals surface area (Å²) in [6, 6.07) is 4.06. The lowest BCUT2D eigenvalue weighted by Crippen LogP contribution is -2.41. The lowest BCUT2D eigenvalue weighted by atomic mass is 10.0. The highest BCUT2D eigenvalue weighted by atomic mass is 32.2. The van der Waals surface area contributed by atoms with E-state index >= 15 is 0 Å². The molecule has 2 saturated heterocycles. The molecule has 3 aliphatic rings. The molecular weight excluding hydrogens is 401 g/mol. The van der Waals surface area contributed by atoms with Gasteiger partial charge in [0.1, 0.15) is 10.7 Å². The van der Waals surface area contributed by atoms with E-state index in [2.05, 4.69) is 5.10 Å². The van der Waals surface area contributed by atoms with E-state index in [1.165, 1.54) is 6.07 Å². The second kappa shape index (κ2) is 6.89. The minimum Gasteiger partial charge on any atom is -0.379 e. The molecule has 0 N–H and O–H groups in total. The van der Waals surface area contributed by atoms with Crippen LogP contribution in [0.5, 0.6) is 0 Å². The summed E-state index contributed by atoms with van der Waals surface area (Å²) < 4.78 is 52.7. The standard InChI is InChI=1S/C19H20FN3O5S/c20-15-3-1-2-13-17-14(11-29(25,26)18(13)15)16(19(24)22-5-8-27-9-6-22)21-23(17)12-4-7-28-10-12/h1-3,12H,4-11H2. The normalized spacial score (nSPS) is 22.9. The predicted molar refractivity (Wildman–Crippen MR) is 99.7 cm³/mol. The Morgan fingerprint density at radius 3 is 2.69 bits per heavy atom. The van der Waals surface area contributed by atoms with Crippen molar-refractivity contribution in [1.29, 1.82) is 0 Å². The molecule has 5 rings (SSSR count). The maximum atomic E-state index is 14.5. The fraction of sp³-hybridized carbons (Fsp3) is 0.474. The molecule has 10 heteroatoms. The first-order valence-corrected chi connectivity index (χ1v) is 11.2. The molecule has 1 atom stereocenters. The van der Waals surface area contributed by atoms with Crippen LogP contribution in [0, 0.1) is 5.82 Å². The van der Waals surface area contributed by atoms with E-state index in [0.717, 1.165) is 6.07 Å². The highest BCUT2D eigenvalue weighted by molar-refractivity contribution is 7.91. The zero-order valence-corrected chi connectivity index (χ0v) is 16.5. The van der Waals surface area contributed by atoms with Crippen molar-refractivity contribution in [3.63, 3.8) is 0 Å². The Balaban J connectivity index is 1.72. The van der Waals surface area contributed by atoms with Crippen molar-refractivity contribution < 1.29 is 27.1 Å². The number of halogens is 1. The molecule has 0 spiro atoms. The average Bonchev–Trinajstić information content (AvgIpc) is 3.35. The smallest absolute Gasteiger partial charge is 0.274 e. The third kappa shape index (κ3) is 2.97. The molecule has 0 radical (unpaired) electrons. The van der Waals surface area contributed by atoms with Gasteiger partial charge in [-0.05, 0) is 12.5 Å². The van der Waals surface area contributed by atoms with Gasteiger partial charge >= 0.3 is 0 Å². The third-order valence-corrected chi connectivity index (χ3v) is 7.33. The summed E-state index contributed by atoms with van der Waals surface area (Å²) >= 11 is 0. The van der Waals surface area contributed by atoms with Crippen LogP contribution in [0.3, 0.4) is 0 Å². The van der Waals surface area contributed by atoms with Crippen molar-refractivity contribution >= 4 is 15.7 Å². The Kier molecular flexibility index (Phi) is 4.45. The Labute approximate surface area is 167 Å². The molecule has 0 aliphatic carbocycles. The average molecular weight is 421 g/mol. The van der Waals surface area contributed by atoms with Gasteiger partial charge in [0, 0.05) is 30.8 Å². The summed E-state index contributed by atoms with van der Waals surface area (Å²) in [7, 11) is -3.94. The SMILES string of the molecule is O=C(c1nn(C2CCOC2)c2c1CS(=O)(=O)c1c(F)cccc1-2)N1CCOCC1. The molecule has 1 aromatic carbocycles. The molecule has 154 valence electrons. The van der Waals surface area contributed by atoms with Crippen molar-refractivity contribution in [2.75, 3.05) is 39.5 Å². The fourth-order valence-electron chi connectivity index (χ4n) is 4.23. The van der Waals surface area contributed by atoms with E-state index in [1.54, 1.807) is 15.6 Å². The molecule has 0 bridgehead atoms. The number of ether oxygens (including phenoxy) is 2. The van der Waals surface area contributed by atoms with Crippen LogP contribution in [0.2, 0.25) is 0 Å². The Hall–Kier alpha value is -2.30. The van der Waals surface area contributed by atoms with Crippen molar-refractivity contribution in [3.8, 4) is 11.3 Å². The van der Waals surface area contributed by atoms with Crippen LogP contribution >= 0.6 is 0 Å². The second-order valence-electron chi connectivity index (χ2n) is 7.42. The highest BCUT2D eigenvalue weighted by Crippen LogP contribution is 2.42. The molecule has 1 aromatic heterocycles. The lowest BCUT2D eigenvalue weighted by Gasteiger charge is -2.26. The molecule has 2 aromatic rings. The van der Waals surface area contributed by atoms with E-state index in [1.807, 2.05) is 0 Å². The van der Waals surface area contributed by atoms with Crippen LogP contribution < -0.4 is 0 Å². The number of carbonyl (C=O) groups excluding carboxylic acids is 1. The zero-order chi connectivity index (χ0) is 20.2.